The zero-order valence-corrected chi connectivity index (χ0v) is 16.6. The average molecular weight is 393 g/mol. The number of benzene rings is 2. The second-order valence-corrected chi connectivity index (χ2v) is 8.68. The van der Waals surface area contributed by atoms with Gasteiger partial charge in [0, 0.05) is 17.5 Å². The van der Waals surface area contributed by atoms with Gasteiger partial charge in [-0.25, -0.2) is 13.1 Å². The number of thioether (sulfide) groups is 1. The van der Waals surface area contributed by atoms with Crippen LogP contribution < -0.4 is 10.0 Å². The number of nitrogens with one attached hydrogen (secondary N) is 2. The van der Waals surface area contributed by atoms with E-state index in [1.54, 1.807) is 12.1 Å². The van der Waals surface area contributed by atoms with Crippen LogP contribution in [-0.2, 0) is 20.6 Å². The van der Waals surface area contributed by atoms with E-state index in [2.05, 4.69) is 10.0 Å². The van der Waals surface area contributed by atoms with Crippen molar-refractivity contribution in [2.24, 2.45) is 0 Å². The highest BCUT2D eigenvalue weighted by Crippen LogP contribution is 2.16. The van der Waals surface area contributed by atoms with Crippen LogP contribution in [0.4, 0.5) is 5.69 Å². The van der Waals surface area contributed by atoms with E-state index < -0.39 is 10.0 Å². The standard InChI is InChI=1S/C19H24N2O3S2/c1-3-15(2)21-26(23,24)18-11-9-17(10-12-18)20-19(22)14-25-13-16-7-5-4-6-8-16/h4-12,15,21H,3,13-14H2,1-2H3,(H,20,22)/t15-/m1/s1. The first kappa shape index (κ1) is 20.5. The molecule has 0 aliphatic carbocycles. The Kier molecular flexibility index (Phi) is 7.68. The largest absolute Gasteiger partial charge is 0.325 e. The Bertz CT molecular complexity index is 806. The van der Waals surface area contributed by atoms with Gasteiger partial charge < -0.3 is 5.32 Å². The molecule has 0 bridgehead atoms. The summed E-state index contributed by atoms with van der Waals surface area (Å²) in [6, 6.07) is 16.0. The molecule has 0 unspecified atom stereocenters. The molecule has 0 spiro atoms. The van der Waals surface area contributed by atoms with Crippen molar-refractivity contribution < 1.29 is 13.2 Å². The van der Waals surface area contributed by atoms with Crippen molar-refractivity contribution in [2.75, 3.05) is 11.1 Å². The molecule has 0 saturated carbocycles. The minimum atomic E-state index is -3.53. The van der Waals surface area contributed by atoms with E-state index in [0.717, 1.165) is 5.75 Å². The number of rotatable bonds is 9. The average Bonchev–Trinajstić information content (AvgIpc) is 2.62. The molecular weight excluding hydrogens is 368 g/mol. The maximum absolute atomic E-state index is 12.2. The Balaban J connectivity index is 1.85. The lowest BCUT2D eigenvalue weighted by molar-refractivity contribution is -0.113. The molecule has 140 valence electrons. The topological polar surface area (TPSA) is 75.3 Å². The van der Waals surface area contributed by atoms with Crippen molar-refractivity contribution in [3.63, 3.8) is 0 Å². The van der Waals surface area contributed by atoms with Crippen LogP contribution in [-0.4, -0.2) is 26.1 Å². The molecule has 0 aromatic heterocycles. The summed E-state index contributed by atoms with van der Waals surface area (Å²) < 4.78 is 27.0. The molecule has 1 atom stereocenters. The predicted octanol–water partition coefficient (Wildman–Crippen LogP) is 3.64. The van der Waals surface area contributed by atoms with Gasteiger partial charge in [0.25, 0.3) is 0 Å². The van der Waals surface area contributed by atoms with Crippen LogP contribution in [0, 0.1) is 0 Å². The number of carbonyl (C=O) groups excluding carboxylic acids is 1. The molecule has 7 heteroatoms. The molecule has 0 aliphatic rings. The summed E-state index contributed by atoms with van der Waals surface area (Å²) in [6.07, 6.45) is 0.716. The summed E-state index contributed by atoms with van der Waals surface area (Å²) >= 11 is 1.53. The molecule has 2 aromatic rings. The maximum atomic E-state index is 12.2. The number of sulfonamides is 1. The highest BCUT2D eigenvalue weighted by Gasteiger charge is 2.16. The fraction of sp³-hybridized carbons (Fsp3) is 0.316. The third kappa shape index (κ3) is 6.48. The summed E-state index contributed by atoms with van der Waals surface area (Å²) in [6.45, 7) is 3.74. The van der Waals surface area contributed by atoms with Crippen LogP contribution in [0.2, 0.25) is 0 Å². The van der Waals surface area contributed by atoms with E-state index in [-0.39, 0.29) is 16.8 Å². The highest BCUT2D eigenvalue weighted by molar-refractivity contribution is 7.99. The fourth-order valence-corrected chi connectivity index (χ4v) is 4.28. The number of hydrogen-bond acceptors (Lipinski definition) is 4. The monoisotopic (exact) mass is 392 g/mol. The van der Waals surface area contributed by atoms with Crippen molar-refractivity contribution in [2.45, 2.75) is 37.0 Å². The molecule has 26 heavy (non-hydrogen) atoms. The maximum Gasteiger partial charge on any atom is 0.240 e. The normalized spacial score (nSPS) is 12.5. The van der Waals surface area contributed by atoms with Gasteiger partial charge in [-0.3, -0.25) is 4.79 Å². The molecule has 0 aliphatic heterocycles. The van der Waals surface area contributed by atoms with Gasteiger partial charge >= 0.3 is 0 Å². The molecular formula is C19H24N2O3S2. The molecule has 0 fully saturated rings. The molecule has 0 saturated heterocycles. The number of carbonyl (C=O) groups is 1. The van der Waals surface area contributed by atoms with Crippen molar-refractivity contribution in [3.05, 3.63) is 60.2 Å². The van der Waals surface area contributed by atoms with E-state index in [0.29, 0.717) is 17.9 Å². The van der Waals surface area contributed by atoms with Gasteiger partial charge in [-0.2, -0.15) is 0 Å². The lowest BCUT2D eigenvalue weighted by atomic mass is 10.2. The highest BCUT2D eigenvalue weighted by atomic mass is 32.2. The van der Waals surface area contributed by atoms with Crippen LogP contribution in [0.3, 0.4) is 0 Å². The zero-order chi connectivity index (χ0) is 19.0. The lowest BCUT2D eigenvalue weighted by Gasteiger charge is -2.12. The van der Waals surface area contributed by atoms with Crippen molar-refractivity contribution >= 4 is 33.4 Å². The minimum absolute atomic E-state index is 0.112. The number of anilines is 1. The van der Waals surface area contributed by atoms with E-state index in [1.807, 2.05) is 44.2 Å². The molecule has 2 aromatic carbocycles. The summed E-state index contributed by atoms with van der Waals surface area (Å²) in [7, 11) is -3.53. The first-order valence-corrected chi connectivity index (χ1v) is 11.1. The number of hydrogen-bond donors (Lipinski definition) is 2. The van der Waals surface area contributed by atoms with Crippen LogP contribution in [0.1, 0.15) is 25.8 Å². The Morgan fingerprint density at radius 3 is 2.35 bits per heavy atom. The fourth-order valence-electron chi connectivity index (χ4n) is 2.17. The van der Waals surface area contributed by atoms with Crippen LogP contribution in [0.5, 0.6) is 0 Å². The van der Waals surface area contributed by atoms with Crippen LogP contribution >= 0.6 is 11.8 Å². The van der Waals surface area contributed by atoms with Crippen molar-refractivity contribution in [1.29, 1.82) is 0 Å². The van der Waals surface area contributed by atoms with Gasteiger partial charge in [0.2, 0.25) is 15.9 Å². The van der Waals surface area contributed by atoms with E-state index in [9.17, 15) is 13.2 Å². The van der Waals surface area contributed by atoms with E-state index in [4.69, 9.17) is 0 Å². The molecule has 5 nitrogen and oxygen atoms in total. The first-order chi connectivity index (χ1) is 12.4. The Labute approximate surface area is 159 Å². The summed E-state index contributed by atoms with van der Waals surface area (Å²) in [4.78, 5) is 12.2. The predicted molar refractivity (Wildman–Crippen MR) is 108 cm³/mol. The van der Waals surface area contributed by atoms with Crippen molar-refractivity contribution in [1.82, 2.24) is 4.72 Å². The van der Waals surface area contributed by atoms with Crippen LogP contribution in [0.15, 0.2) is 59.5 Å². The summed E-state index contributed by atoms with van der Waals surface area (Å²) in [5, 5.41) is 2.78. The minimum Gasteiger partial charge on any atom is -0.325 e. The Hall–Kier alpha value is -1.83. The second-order valence-electron chi connectivity index (χ2n) is 5.98. The Morgan fingerprint density at radius 1 is 1.08 bits per heavy atom. The van der Waals surface area contributed by atoms with Crippen molar-refractivity contribution in [3.8, 4) is 0 Å². The molecule has 1 amide bonds. The third-order valence-corrected chi connectivity index (χ3v) is 6.37. The zero-order valence-electron chi connectivity index (χ0n) is 14.9. The Morgan fingerprint density at radius 2 is 1.73 bits per heavy atom. The third-order valence-electron chi connectivity index (χ3n) is 3.76. The molecule has 2 N–H and O–H groups in total. The van der Waals surface area contributed by atoms with Gasteiger partial charge in [-0.05, 0) is 43.2 Å². The number of amides is 1. The smallest absolute Gasteiger partial charge is 0.240 e. The van der Waals surface area contributed by atoms with Gasteiger partial charge in [-0.15, -0.1) is 11.8 Å². The molecule has 0 radical (unpaired) electrons. The summed E-state index contributed by atoms with van der Waals surface area (Å²) in [5.41, 5.74) is 1.76. The SMILES string of the molecule is CC[C@@H](C)NS(=O)(=O)c1ccc(NC(=O)CSCc2ccccc2)cc1. The lowest BCUT2D eigenvalue weighted by Crippen LogP contribution is -2.31. The quantitative estimate of drug-likeness (QED) is 0.683. The molecule has 2 rings (SSSR count). The summed E-state index contributed by atoms with van der Waals surface area (Å²) in [5.74, 6) is 0.997. The van der Waals surface area contributed by atoms with Crippen LogP contribution in [0.25, 0.3) is 0 Å². The second kappa shape index (κ2) is 9.75. The van der Waals surface area contributed by atoms with Gasteiger partial charge in [0.05, 0.1) is 10.6 Å². The van der Waals surface area contributed by atoms with E-state index in [1.165, 1.54) is 29.5 Å². The molecule has 0 heterocycles. The van der Waals surface area contributed by atoms with Gasteiger partial charge in [-0.1, -0.05) is 37.3 Å². The first-order valence-electron chi connectivity index (χ1n) is 8.44. The van der Waals surface area contributed by atoms with Gasteiger partial charge in [0.1, 0.15) is 0 Å². The van der Waals surface area contributed by atoms with E-state index >= 15 is 0 Å². The van der Waals surface area contributed by atoms with Gasteiger partial charge in [0.15, 0.2) is 0 Å².